The molecule has 0 saturated carbocycles. The van der Waals surface area contributed by atoms with Gasteiger partial charge in [0.2, 0.25) is 0 Å². The molecule has 1 aromatic carbocycles. The highest BCUT2D eigenvalue weighted by atomic mass is 16.5. The summed E-state index contributed by atoms with van der Waals surface area (Å²) in [5.41, 5.74) is 8.28. The third kappa shape index (κ3) is 6.05. The Balaban J connectivity index is 2.66. The smallest absolute Gasteiger partial charge is 0.0637 e. The Hall–Kier alpha value is -1.10. The molecule has 0 amide bonds. The van der Waals surface area contributed by atoms with Crippen LogP contribution in [0, 0.1) is 0 Å². The number of nitrogens with zero attached hydrogens (tertiary/aromatic N) is 1. The Morgan fingerprint density at radius 2 is 1.58 bits per heavy atom. The SMILES string of the molecule is COCCN(CCOC)c1ccc(CC(C)N)cc1. The zero-order chi connectivity index (χ0) is 14.1. The van der Waals surface area contributed by atoms with E-state index in [1.165, 1.54) is 11.3 Å². The van der Waals surface area contributed by atoms with Crippen molar-refractivity contribution in [3.05, 3.63) is 29.8 Å². The van der Waals surface area contributed by atoms with Gasteiger partial charge >= 0.3 is 0 Å². The number of hydrogen-bond donors (Lipinski definition) is 1. The number of methoxy groups -OCH3 is 2. The van der Waals surface area contributed by atoms with Crippen LogP contribution in [0.2, 0.25) is 0 Å². The van der Waals surface area contributed by atoms with Crippen LogP contribution in [-0.4, -0.2) is 46.6 Å². The van der Waals surface area contributed by atoms with E-state index in [1.54, 1.807) is 14.2 Å². The first-order chi connectivity index (χ1) is 9.17. The molecule has 0 fully saturated rings. The van der Waals surface area contributed by atoms with E-state index in [0.717, 1.165) is 19.5 Å². The molecule has 0 bridgehead atoms. The van der Waals surface area contributed by atoms with Crippen molar-refractivity contribution in [1.29, 1.82) is 0 Å². The summed E-state index contributed by atoms with van der Waals surface area (Å²) in [6, 6.07) is 8.77. The number of ether oxygens (including phenoxy) is 2. The molecular formula is C15H26N2O2. The first kappa shape index (κ1) is 16.0. The highest BCUT2D eigenvalue weighted by Gasteiger charge is 2.06. The lowest BCUT2D eigenvalue weighted by Crippen LogP contribution is -2.30. The molecule has 2 N–H and O–H groups in total. The molecule has 4 heteroatoms. The molecule has 4 nitrogen and oxygen atoms in total. The largest absolute Gasteiger partial charge is 0.383 e. The van der Waals surface area contributed by atoms with E-state index in [1.807, 2.05) is 6.92 Å². The lowest BCUT2D eigenvalue weighted by Gasteiger charge is -2.24. The van der Waals surface area contributed by atoms with Gasteiger partial charge in [0.1, 0.15) is 0 Å². The van der Waals surface area contributed by atoms with Gasteiger partial charge in [-0.2, -0.15) is 0 Å². The first-order valence-electron chi connectivity index (χ1n) is 6.74. The minimum absolute atomic E-state index is 0.198. The van der Waals surface area contributed by atoms with Gasteiger partial charge in [-0.15, -0.1) is 0 Å². The fraction of sp³-hybridized carbons (Fsp3) is 0.600. The van der Waals surface area contributed by atoms with Gasteiger partial charge in [-0.05, 0) is 31.0 Å². The summed E-state index contributed by atoms with van der Waals surface area (Å²) < 4.78 is 10.3. The standard InChI is InChI=1S/C15H26N2O2/c1-13(16)12-14-4-6-15(7-5-14)17(8-10-18-2)9-11-19-3/h4-7,13H,8-12,16H2,1-3H3. The molecule has 0 aliphatic carbocycles. The Bertz CT molecular complexity index is 331. The van der Waals surface area contributed by atoms with Gasteiger partial charge in [-0.3, -0.25) is 0 Å². The van der Waals surface area contributed by atoms with Crippen LogP contribution in [0.4, 0.5) is 5.69 Å². The minimum atomic E-state index is 0.198. The third-order valence-electron chi connectivity index (χ3n) is 2.99. The van der Waals surface area contributed by atoms with Crippen LogP contribution < -0.4 is 10.6 Å². The topological polar surface area (TPSA) is 47.7 Å². The molecule has 1 aromatic rings. The summed E-state index contributed by atoms with van der Waals surface area (Å²) in [7, 11) is 3.44. The van der Waals surface area contributed by atoms with Crippen LogP contribution in [0.5, 0.6) is 0 Å². The van der Waals surface area contributed by atoms with Gasteiger partial charge in [-0.25, -0.2) is 0 Å². The van der Waals surface area contributed by atoms with Gasteiger partial charge in [0, 0.05) is 39.0 Å². The molecule has 1 unspecified atom stereocenters. The van der Waals surface area contributed by atoms with Crippen LogP contribution in [0.15, 0.2) is 24.3 Å². The maximum Gasteiger partial charge on any atom is 0.0637 e. The average molecular weight is 266 g/mol. The van der Waals surface area contributed by atoms with E-state index in [4.69, 9.17) is 15.2 Å². The van der Waals surface area contributed by atoms with Gasteiger partial charge < -0.3 is 20.1 Å². The Morgan fingerprint density at radius 1 is 1.05 bits per heavy atom. The van der Waals surface area contributed by atoms with Crippen LogP contribution >= 0.6 is 0 Å². The fourth-order valence-corrected chi connectivity index (χ4v) is 1.99. The Kier molecular flexibility index (Phi) is 7.48. The molecule has 0 heterocycles. The van der Waals surface area contributed by atoms with E-state index in [9.17, 15) is 0 Å². The van der Waals surface area contributed by atoms with Crippen molar-refractivity contribution >= 4 is 5.69 Å². The molecule has 0 spiro atoms. The average Bonchev–Trinajstić information content (AvgIpc) is 2.39. The third-order valence-corrected chi connectivity index (χ3v) is 2.99. The minimum Gasteiger partial charge on any atom is -0.383 e. The van der Waals surface area contributed by atoms with Crippen LogP contribution in [0.25, 0.3) is 0 Å². The summed E-state index contributed by atoms with van der Waals surface area (Å²) in [6.45, 7) is 5.19. The lowest BCUT2D eigenvalue weighted by molar-refractivity contribution is 0.190. The Morgan fingerprint density at radius 3 is 2.00 bits per heavy atom. The normalized spacial score (nSPS) is 12.4. The number of anilines is 1. The first-order valence-corrected chi connectivity index (χ1v) is 6.74. The summed E-state index contributed by atoms with van der Waals surface area (Å²) in [5, 5.41) is 0. The molecule has 19 heavy (non-hydrogen) atoms. The second-order valence-corrected chi connectivity index (χ2v) is 4.82. The molecule has 1 rings (SSSR count). The molecule has 1 atom stereocenters. The molecule has 0 radical (unpaired) electrons. The molecular weight excluding hydrogens is 240 g/mol. The van der Waals surface area contributed by atoms with Crippen molar-refractivity contribution < 1.29 is 9.47 Å². The highest BCUT2D eigenvalue weighted by Crippen LogP contribution is 2.15. The second-order valence-electron chi connectivity index (χ2n) is 4.82. The summed E-state index contributed by atoms with van der Waals surface area (Å²) in [4.78, 5) is 2.27. The van der Waals surface area contributed by atoms with Crippen LogP contribution in [-0.2, 0) is 15.9 Å². The van der Waals surface area contributed by atoms with Gasteiger partial charge in [0.05, 0.1) is 13.2 Å². The summed E-state index contributed by atoms with van der Waals surface area (Å²) in [6.07, 6.45) is 0.913. The van der Waals surface area contributed by atoms with Crippen molar-refractivity contribution in [2.75, 3.05) is 45.4 Å². The van der Waals surface area contributed by atoms with Crippen LogP contribution in [0.1, 0.15) is 12.5 Å². The van der Waals surface area contributed by atoms with Crippen LogP contribution in [0.3, 0.4) is 0 Å². The molecule has 0 aliphatic rings. The van der Waals surface area contributed by atoms with Crippen molar-refractivity contribution in [1.82, 2.24) is 0 Å². The molecule has 0 saturated heterocycles. The van der Waals surface area contributed by atoms with E-state index >= 15 is 0 Å². The predicted octanol–water partition coefficient (Wildman–Crippen LogP) is 1.68. The molecule has 0 aliphatic heterocycles. The fourth-order valence-electron chi connectivity index (χ4n) is 1.99. The van der Waals surface area contributed by atoms with Gasteiger partial charge in [0.15, 0.2) is 0 Å². The lowest BCUT2D eigenvalue weighted by atomic mass is 10.1. The summed E-state index contributed by atoms with van der Waals surface area (Å²) >= 11 is 0. The number of hydrogen-bond acceptors (Lipinski definition) is 4. The Labute approximate surface area is 116 Å². The van der Waals surface area contributed by atoms with Gasteiger partial charge in [-0.1, -0.05) is 12.1 Å². The van der Waals surface area contributed by atoms with Crippen molar-refractivity contribution in [2.24, 2.45) is 5.73 Å². The zero-order valence-electron chi connectivity index (χ0n) is 12.3. The number of rotatable bonds is 9. The summed E-state index contributed by atoms with van der Waals surface area (Å²) in [5.74, 6) is 0. The zero-order valence-corrected chi connectivity index (χ0v) is 12.3. The molecule has 0 aromatic heterocycles. The number of benzene rings is 1. The van der Waals surface area contributed by atoms with Crippen molar-refractivity contribution in [2.45, 2.75) is 19.4 Å². The van der Waals surface area contributed by atoms with E-state index in [0.29, 0.717) is 13.2 Å². The highest BCUT2D eigenvalue weighted by molar-refractivity contribution is 5.47. The van der Waals surface area contributed by atoms with Crippen molar-refractivity contribution in [3.8, 4) is 0 Å². The van der Waals surface area contributed by atoms with E-state index in [-0.39, 0.29) is 6.04 Å². The number of nitrogens with two attached hydrogens (primary N) is 1. The predicted molar refractivity (Wildman–Crippen MR) is 79.8 cm³/mol. The van der Waals surface area contributed by atoms with Gasteiger partial charge in [0.25, 0.3) is 0 Å². The van der Waals surface area contributed by atoms with E-state index in [2.05, 4.69) is 29.2 Å². The quantitative estimate of drug-likeness (QED) is 0.738. The monoisotopic (exact) mass is 266 g/mol. The van der Waals surface area contributed by atoms with E-state index < -0.39 is 0 Å². The van der Waals surface area contributed by atoms with Crippen molar-refractivity contribution in [3.63, 3.8) is 0 Å². The maximum absolute atomic E-state index is 5.81. The molecule has 108 valence electrons. The maximum atomic E-state index is 5.81. The second kappa shape index (κ2) is 8.91.